The number of hydrogen-bond donors (Lipinski definition) is 1. The molecular formula is C19H23ClN2O. The van der Waals surface area contributed by atoms with Crippen molar-refractivity contribution in [2.24, 2.45) is 5.73 Å². The van der Waals surface area contributed by atoms with E-state index in [1.807, 2.05) is 41.3 Å². The van der Waals surface area contributed by atoms with Gasteiger partial charge in [-0.3, -0.25) is 4.79 Å². The molecule has 2 atom stereocenters. The molecule has 0 radical (unpaired) electrons. The van der Waals surface area contributed by atoms with Gasteiger partial charge in [0.2, 0.25) is 5.91 Å². The predicted octanol–water partition coefficient (Wildman–Crippen LogP) is 2.99. The van der Waals surface area contributed by atoms with Gasteiger partial charge in [0.25, 0.3) is 0 Å². The summed E-state index contributed by atoms with van der Waals surface area (Å²) in [6.07, 6.45) is 1.62. The van der Waals surface area contributed by atoms with Crippen LogP contribution in [0.3, 0.4) is 0 Å². The van der Waals surface area contributed by atoms with E-state index in [4.69, 9.17) is 5.73 Å². The lowest BCUT2D eigenvalue weighted by atomic mass is 9.99. The summed E-state index contributed by atoms with van der Waals surface area (Å²) in [5, 5.41) is 0. The van der Waals surface area contributed by atoms with Gasteiger partial charge >= 0.3 is 0 Å². The first-order chi connectivity index (χ1) is 10.7. The van der Waals surface area contributed by atoms with E-state index in [0.717, 1.165) is 25.1 Å². The molecule has 1 aliphatic heterocycles. The van der Waals surface area contributed by atoms with Gasteiger partial charge in [0, 0.05) is 19.0 Å². The van der Waals surface area contributed by atoms with E-state index in [1.54, 1.807) is 0 Å². The number of halogens is 1. The van der Waals surface area contributed by atoms with E-state index in [-0.39, 0.29) is 18.3 Å². The van der Waals surface area contributed by atoms with Crippen molar-refractivity contribution in [3.05, 3.63) is 71.8 Å². The van der Waals surface area contributed by atoms with Crippen LogP contribution in [0, 0.1) is 0 Å². The standard InChI is InChI=1S/C19H22N2O.ClH/c20-18(13-15-7-3-1-4-8-15)19(22)21-12-11-17(14-21)16-9-5-2-6-10-16;/h1-10,17-18H,11-14,20H2;1H/t17?,18-;/m0./s1. The second-order valence-electron chi connectivity index (χ2n) is 5.98. The van der Waals surface area contributed by atoms with Crippen molar-refractivity contribution in [3.8, 4) is 0 Å². The Morgan fingerprint density at radius 1 is 1.09 bits per heavy atom. The molecule has 1 fully saturated rings. The van der Waals surface area contributed by atoms with Crippen LogP contribution in [-0.2, 0) is 11.2 Å². The number of nitrogens with two attached hydrogens (primary N) is 1. The third-order valence-corrected chi connectivity index (χ3v) is 4.39. The highest BCUT2D eigenvalue weighted by Gasteiger charge is 2.29. The molecule has 1 saturated heterocycles. The molecule has 0 saturated carbocycles. The van der Waals surface area contributed by atoms with E-state index < -0.39 is 6.04 Å². The van der Waals surface area contributed by atoms with Gasteiger partial charge in [-0.1, -0.05) is 60.7 Å². The van der Waals surface area contributed by atoms with Crippen molar-refractivity contribution >= 4 is 18.3 Å². The molecule has 0 aromatic heterocycles. The van der Waals surface area contributed by atoms with Crippen molar-refractivity contribution in [1.29, 1.82) is 0 Å². The van der Waals surface area contributed by atoms with Crippen LogP contribution in [-0.4, -0.2) is 29.9 Å². The molecule has 122 valence electrons. The second-order valence-corrected chi connectivity index (χ2v) is 5.98. The van der Waals surface area contributed by atoms with Crippen LogP contribution in [0.4, 0.5) is 0 Å². The first-order valence-corrected chi connectivity index (χ1v) is 7.87. The van der Waals surface area contributed by atoms with Gasteiger partial charge in [-0.15, -0.1) is 12.4 Å². The molecule has 3 rings (SSSR count). The minimum atomic E-state index is -0.447. The van der Waals surface area contributed by atoms with E-state index in [9.17, 15) is 4.79 Å². The quantitative estimate of drug-likeness (QED) is 0.936. The molecule has 2 aromatic rings. The van der Waals surface area contributed by atoms with Gasteiger partial charge in [0.15, 0.2) is 0 Å². The zero-order chi connectivity index (χ0) is 15.4. The Kier molecular flexibility index (Phi) is 6.20. The van der Waals surface area contributed by atoms with Gasteiger partial charge in [-0.05, 0) is 24.0 Å². The Labute approximate surface area is 143 Å². The molecule has 0 bridgehead atoms. The third-order valence-electron chi connectivity index (χ3n) is 4.39. The number of benzene rings is 2. The minimum absolute atomic E-state index is 0. The summed E-state index contributed by atoms with van der Waals surface area (Å²) in [5.41, 5.74) is 8.55. The molecule has 1 aliphatic rings. The van der Waals surface area contributed by atoms with Crippen LogP contribution in [0.2, 0.25) is 0 Å². The molecule has 2 aromatic carbocycles. The SMILES string of the molecule is Cl.N[C@@H](Cc1ccccc1)C(=O)N1CCC(c2ccccc2)C1. The number of amides is 1. The fourth-order valence-corrected chi connectivity index (χ4v) is 3.15. The highest BCUT2D eigenvalue weighted by molar-refractivity contribution is 5.85. The lowest BCUT2D eigenvalue weighted by Gasteiger charge is -2.21. The smallest absolute Gasteiger partial charge is 0.239 e. The van der Waals surface area contributed by atoms with Crippen LogP contribution >= 0.6 is 12.4 Å². The van der Waals surface area contributed by atoms with Crippen molar-refractivity contribution in [2.75, 3.05) is 13.1 Å². The predicted molar refractivity (Wildman–Crippen MR) is 95.7 cm³/mol. The molecule has 3 nitrogen and oxygen atoms in total. The van der Waals surface area contributed by atoms with Gasteiger partial charge in [-0.25, -0.2) is 0 Å². The van der Waals surface area contributed by atoms with E-state index in [0.29, 0.717) is 12.3 Å². The second kappa shape index (κ2) is 8.14. The Balaban J connectivity index is 0.00000192. The summed E-state index contributed by atoms with van der Waals surface area (Å²) >= 11 is 0. The average Bonchev–Trinajstić information content (AvgIpc) is 3.06. The first kappa shape index (κ1) is 17.5. The van der Waals surface area contributed by atoms with E-state index in [2.05, 4.69) is 24.3 Å². The van der Waals surface area contributed by atoms with Gasteiger partial charge < -0.3 is 10.6 Å². The Bertz CT molecular complexity index is 618. The number of carbonyl (C=O) groups is 1. The lowest BCUT2D eigenvalue weighted by Crippen LogP contribution is -2.43. The first-order valence-electron chi connectivity index (χ1n) is 7.87. The zero-order valence-corrected chi connectivity index (χ0v) is 13.9. The maximum absolute atomic E-state index is 12.5. The van der Waals surface area contributed by atoms with Gasteiger partial charge in [-0.2, -0.15) is 0 Å². The van der Waals surface area contributed by atoms with Crippen LogP contribution < -0.4 is 5.73 Å². The molecule has 1 amide bonds. The molecule has 0 spiro atoms. The Morgan fingerprint density at radius 2 is 1.70 bits per heavy atom. The molecule has 4 heteroatoms. The summed E-state index contributed by atoms with van der Waals surface area (Å²) in [5.74, 6) is 0.511. The summed E-state index contributed by atoms with van der Waals surface area (Å²) in [6, 6.07) is 19.9. The lowest BCUT2D eigenvalue weighted by molar-refractivity contribution is -0.131. The van der Waals surface area contributed by atoms with Crippen molar-refractivity contribution in [1.82, 2.24) is 4.90 Å². The Hall–Kier alpha value is -1.84. The van der Waals surface area contributed by atoms with Crippen LogP contribution in [0.15, 0.2) is 60.7 Å². The van der Waals surface area contributed by atoms with Crippen molar-refractivity contribution in [3.63, 3.8) is 0 Å². The maximum atomic E-state index is 12.5. The summed E-state index contributed by atoms with van der Waals surface area (Å²) in [4.78, 5) is 14.4. The number of rotatable bonds is 4. The number of likely N-dealkylation sites (tertiary alicyclic amines) is 1. The van der Waals surface area contributed by atoms with Gasteiger partial charge in [0.05, 0.1) is 6.04 Å². The van der Waals surface area contributed by atoms with Crippen molar-refractivity contribution in [2.45, 2.75) is 24.8 Å². The largest absolute Gasteiger partial charge is 0.341 e. The van der Waals surface area contributed by atoms with Crippen LogP contribution in [0.25, 0.3) is 0 Å². The van der Waals surface area contributed by atoms with Crippen LogP contribution in [0.1, 0.15) is 23.5 Å². The Morgan fingerprint density at radius 3 is 2.35 bits per heavy atom. The summed E-state index contributed by atoms with van der Waals surface area (Å²) in [6.45, 7) is 1.59. The van der Waals surface area contributed by atoms with Crippen LogP contribution in [0.5, 0.6) is 0 Å². The fourth-order valence-electron chi connectivity index (χ4n) is 3.15. The molecule has 2 N–H and O–H groups in total. The topological polar surface area (TPSA) is 46.3 Å². The molecule has 0 aliphatic carbocycles. The average molecular weight is 331 g/mol. The van der Waals surface area contributed by atoms with E-state index >= 15 is 0 Å². The maximum Gasteiger partial charge on any atom is 0.239 e. The fraction of sp³-hybridized carbons (Fsp3) is 0.316. The molecule has 23 heavy (non-hydrogen) atoms. The molecule has 1 unspecified atom stereocenters. The normalized spacial score (nSPS) is 18.3. The summed E-state index contributed by atoms with van der Waals surface area (Å²) in [7, 11) is 0. The summed E-state index contributed by atoms with van der Waals surface area (Å²) < 4.78 is 0. The number of carbonyl (C=O) groups excluding carboxylic acids is 1. The minimum Gasteiger partial charge on any atom is -0.341 e. The number of hydrogen-bond acceptors (Lipinski definition) is 2. The third kappa shape index (κ3) is 4.34. The monoisotopic (exact) mass is 330 g/mol. The zero-order valence-electron chi connectivity index (χ0n) is 13.1. The van der Waals surface area contributed by atoms with Gasteiger partial charge in [0.1, 0.15) is 0 Å². The van der Waals surface area contributed by atoms with Crippen molar-refractivity contribution < 1.29 is 4.79 Å². The highest BCUT2D eigenvalue weighted by atomic mass is 35.5. The highest BCUT2D eigenvalue weighted by Crippen LogP contribution is 2.27. The molecular weight excluding hydrogens is 308 g/mol. The molecule has 1 heterocycles. The number of nitrogens with zero attached hydrogens (tertiary/aromatic N) is 1. The van der Waals surface area contributed by atoms with E-state index in [1.165, 1.54) is 5.56 Å².